The largest absolute Gasteiger partial charge is 0.421 e. The van der Waals surface area contributed by atoms with E-state index in [-0.39, 0.29) is 17.6 Å². The number of nitrogen functional groups attached to an aromatic ring is 1. The van der Waals surface area contributed by atoms with Gasteiger partial charge in [0.25, 0.3) is 0 Å². The Labute approximate surface area is 216 Å². The Bertz CT molecular complexity index is 1930. The van der Waals surface area contributed by atoms with Crippen LogP contribution in [0.2, 0.25) is 0 Å². The number of hydrogen-bond donors (Lipinski definition) is 1. The summed E-state index contributed by atoms with van der Waals surface area (Å²) in [5.41, 5.74) is 12.2. The van der Waals surface area contributed by atoms with E-state index >= 15 is 4.39 Å². The van der Waals surface area contributed by atoms with Crippen molar-refractivity contribution in [2.45, 2.75) is 6.92 Å². The highest BCUT2D eigenvalue weighted by molar-refractivity contribution is 6.08. The van der Waals surface area contributed by atoms with Crippen LogP contribution in [0.4, 0.5) is 10.2 Å². The average Bonchev–Trinajstić information content (AvgIpc) is 3.22. The van der Waals surface area contributed by atoms with Crippen LogP contribution in [0.5, 0.6) is 11.8 Å². The molecular weight excluding hydrogens is 483 g/mol. The lowest BCUT2D eigenvalue weighted by atomic mass is 9.98. The van der Waals surface area contributed by atoms with Gasteiger partial charge < -0.3 is 15.0 Å². The molecule has 0 saturated carbocycles. The number of aromatic nitrogens is 7. The van der Waals surface area contributed by atoms with Crippen molar-refractivity contribution in [2.75, 3.05) is 5.73 Å². The van der Waals surface area contributed by atoms with E-state index in [1.165, 1.54) is 18.5 Å². The van der Waals surface area contributed by atoms with Crippen molar-refractivity contribution in [1.82, 2.24) is 34.5 Å². The molecule has 0 aliphatic rings. The summed E-state index contributed by atoms with van der Waals surface area (Å²) in [6.45, 7) is 1.80. The molecule has 2 N–H and O–H groups in total. The Morgan fingerprint density at radius 1 is 0.974 bits per heavy atom. The van der Waals surface area contributed by atoms with Crippen molar-refractivity contribution in [3.05, 3.63) is 78.4 Å². The highest BCUT2D eigenvalue weighted by atomic mass is 19.1. The number of aryl methyl sites for hydroxylation is 2. The van der Waals surface area contributed by atoms with E-state index in [0.717, 1.165) is 11.3 Å². The first-order chi connectivity index (χ1) is 18.4. The minimum atomic E-state index is -0.586. The lowest BCUT2D eigenvalue weighted by molar-refractivity contribution is 0.410. The Hall–Kier alpha value is -5.43. The molecule has 38 heavy (non-hydrogen) atoms. The van der Waals surface area contributed by atoms with Crippen LogP contribution in [-0.4, -0.2) is 34.5 Å². The maximum absolute atomic E-state index is 15.4. The summed E-state index contributed by atoms with van der Waals surface area (Å²) in [7, 11) is 1.87. The van der Waals surface area contributed by atoms with E-state index in [4.69, 9.17) is 16.9 Å². The zero-order chi connectivity index (χ0) is 26.4. The molecule has 0 spiro atoms. The summed E-state index contributed by atoms with van der Waals surface area (Å²) >= 11 is 0. The van der Waals surface area contributed by atoms with Gasteiger partial charge in [0, 0.05) is 30.1 Å². The number of anilines is 1. The molecule has 0 saturated heterocycles. The van der Waals surface area contributed by atoms with Crippen LogP contribution in [-0.2, 0) is 7.05 Å². The minimum absolute atomic E-state index is 0.00402. The standard InChI is InChI=1S/C28H19FN8O/c1-4-18-13-32-21-12-17(5-7-20(21)36-18)25-23(24-26(30)33-14-34-27(24)37(25)3)16-6-8-22(19(29)11-16)38-28-31-10-9-15(2)35-28/h1,5-14H,2-3H3,(H2,30,33,34). The molecule has 6 rings (SSSR count). The summed E-state index contributed by atoms with van der Waals surface area (Å²) < 4.78 is 22.9. The number of ether oxygens (including phenoxy) is 1. The number of nitrogens with zero attached hydrogens (tertiary/aromatic N) is 7. The van der Waals surface area contributed by atoms with Gasteiger partial charge in [-0.15, -0.1) is 6.42 Å². The van der Waals surface area contributed by atoms with Gasteiger partial charge >= 0.3 is 6.01 Å². The van der Waals surface area contributed by atoms with E-state index in [9.17, 15) is 0 Å². The number of halogens is 1. The second-order valence-electron chi connectivity index (χ2n) is 8.57. The minimum Gasteiger partial charge on any atom is -0.421 e. The van der Waals surface area contributed by atoms with Gasteiger partial charge in [0.05, 0.1) is 28.3 Å². The molecule has 6 aromatic rings. The van der Waals surface area contributed by atoms with Crippen molar-refractivity contribution in [3.63, 3.8) is 0 Å². The third kappa shape index (κ3) is 3.83. The third-order valence-electron chi connectivity index (χ3n) is 6.15. The highest BCUT2D eigenvalue weighted by Crippen LogP contribution is 2.43. The highest BCUT2D eigenvalue weighted by Gasteiger charge is 2.23. The predicted octanol–water partition coefficient (Wildman–Crippen LogP) is 4.84. The number of rotatable bonds is 4. The second kappa shape index (κ2) is 8.90. The monoisotopic (exact) mass is 502 g/mol. The second-order valence-corrected chi connectivity index (χ2v) is 8.57. The third-order valence-corrected chi connectivity index (χ3v) is 6.15. The molecule has 184 valence electrons. The molecule has 0 radical (unpaired) electrons. The van der Waals surface area contributed by atoms with E-state index in [1.54, 1.807) is 31.5 Å². The summed E-state index contributed by atoms with van der Waals surface area (Å²) in [6, 6.07) is 12.1. The molecule has 0 atom stereocenters. The van der Waals surface area contributed by atoms with E-state index in [1.807, 2.05) is 29.8 Å². The number of hydrogen-bond acceptors (Lipinski definition) is 8. The maximum atomic E-state index is 15.4. The molecule has 2 aromatic carbocycles. The van der Waals surface area contributed by atoms with Gasteiger partial charge in [-0.25, -0.2) is 29.3 Å². The van der Waals surface area contributed by atoms with Crippen LogP contribution in [0, 0.1) is 25.1 Å². The summed E-state index contributed by atoms with van der Waals surface area (Å²) in [6.07, 6.45) is 9.97. The maximum Gasteiger partial charge on any atom is 0.322 e. The molecule has 10 heteroatoms. The molecule has 0 bridgehead atoms. The summed E-state index contributed by atoms with van der Waals surface area (Å²) in [4.78, 5) is 25.7. The molecule has 0 aliphatic carbocycles. The summed E-state index contributed by atoms with van der Waals surface area (Å²) in [5, 5.41) is 0.606. The fourth-order valence-electron chi connectivity index (χ4n) is 4.43. The molecule has 4 heterocycles. The van der Waals surface area contributed by atoms with Gasteiger partial charge in [0.2, 0.25) is 0 Å². The van der Waals surface area contributed by atoms with Crippen LogP contribution in [0.1, 0.15) is 11.4 Å². The Balaban J connectivity index is 1.54. The number of terminal acetylenes is 1. The fourth-order valence-corrected chi connectivity index (χ4v) is 4.43. The van der Waals surface area contributed by atoms with Crippen LogP contribution in [0.25, 0.3) is 44.5 Å². The van der Waals surface area contributed by atoms with Gasteiger partial charge in [-0.1, -0.05) is 12.1 Å². The van der Waals surface area contributed by atoms with Crippen LogP contribution >= 0.6 is 0 Å². The normalized spacial score (nSPS) is 11.1. The topological polar surface area (TPSA) is 118 Å². The zero-order valence-electron chi connectivity index (χ0n) is 20.3. The SMILES string of the molecule is C#Cc1cnc2cc(-c3c(-c4ccc(Oc5nccc(C)n5)c(F)c4)c4c(N)ncnc4n3C)ccc2n1. The van der Waals surface area contributed by atoms with Crippen molar-refractivity contribution in [3.8, 4) is 46.5 Å². The van der Waals surface area contributed by atoms with Crippen LogP contribution in [0.15, 0.2) is 61.2 Å². The number of nitrogens with two attached hydrogens (primary N) is 1. The first-order valence-electron chi connectivity index (χ1n) is 11.5. The predicted molar refractivity (Wildman–Crippen MR) is 142 cm³/mol. The molecular formula is C28H19FN8O. The van der Waals surface area contributed by atoms with E-state index in [2.05, 4.69) is 35.8 Å². The molecule has 0 aliphatic heterocycles. The molecule has 9 nitrogen and oxygen atoms in total. The van der Waals surface area contributed by atoms with Crippen molar-refractivity contribution in [1.29, 1.82) is 0 Å². The first-order valence-corrected chi connectivity index (χ1v) is 11.5. The van der Waals surface area contributed by atoms with Crippen LogP contribution in [0.3, 0.4) is 0 Å². The molecule has 4 aromatic heterocycles. The average molecular weight is 503 g/mol. The van der Waals surface area contributed by atoms with Gasteiger partial charge in [0.15, 0.2) is 11.6 Å². The van der Waals surface area contributed by atoms with Crippen molar-refractivity contribution in [2.24, 2.45) is 7.05 Å². The lowest BCUT2D eigenvalue weighted by Gasteiger charge is -2.11. The fraction of sp³-hybridized carbons (Fsp3) is 0.0714. The quantitative estimate of drug-likeness (QED) is 0.340. The van der Waals surface area contributed by atoms with Gasteiger partial charge in [-0.05, 0) is 48.7 Å². The first kappa shape index (κ1) is 23.0. The van der Waals surface area contributed by atoms with Crippen molar-refractivity contribution < 1.29 is 9.13 Å². The lowest BCUT2D eigenvalue weighted by Crippen LogP contribution is -1.96. The Morgan fingerprint density at radius 3 is 2.61 bits per heavy atom. The molecule has 0 unspecified atom stereocenters. The summed E-state index contributed by atoms with van der Waals surface area (Å²) in [5.74, 6) is 2.18. The van der Waals surface area contributed by atoms with Gasteiger partial charge in [0.1, 0.15) is 23.5 Å². The van der Waals surface area contributed by atoms with Crippen molar-refractivity contribution >= 4 is 27.9 Å². The zero-order valence-corrected chi connectivity index (χ0v) is 20.3. The van der Waals surface area contributed by atoms with Gasteiger partial charge in [-0.3, -0.25) is 4.98 Å². The number of fused-ring (bicyclic) bond motifs is 2. The van der Waals surface area contributed by atoms with Gasteiger partial charge in [-0.2, -0.15) is 0 Å². The molecule has 0 amide bonds. The Morgan fingerprint density at radius 2 is 1.82 bits per heavy atom. The van der Waals surface area contributed by atoms with Crippen LogP contribution < -0.4 is 10.5 Å². The molecule has 0 fully saturated rings. The van der Waals surface area contributed by atoms with E-state index < -0.39 is 5.82 Å². The van der Waals surface area contributed by atoms with E-state index in [0.29, 0.717) is 44.6 Å². The smallest absolute Gasteiger partial charge is 0.322 e. The Kier molecular flexibility index (Phi) is 5.39. The number of benzene rings is 2.